The zero-order valence-corrected chi connectivity index (χ0v) is 10.7. The summed E-state index contributed by atoms with van der Waals surface area (Å²) in [7, 11) is 0. The Morgan fingerprint density at radius 3 is 3.07 bits per heavy atom. The zero-order valence-electron chi connectivity index (χ0n) is 8.29. The van der Waals surface area contributed by atoms with Crippen LogP contribution in [0.1, 0.15) is 6.92 Å². The molecule has 1 saturated heterocycles. The summed E-state index contributed by atoms with van der Waals surface area (Å²) in [6.07, 6.45) is 1.69. The number of rotatable bonds is 2. The fraction of sp³-hybridized carbons (Fsp3) is 0.556. The predicted molar refractivity (Wildman–Crippen MR) is 64.0 cm³/mol. The third kappa shape index (κ3) is 2.56. The van der Waals surface area contributed by atoms with E-state index in [1.165, 1.54) is 11.3 Å². The lowest BCUT2D eigenvalue weighted by Crippen LogP contribution is -2.27. The number of nitrogens with one attached hydrogen (secondary N) is 2. The molecular weight excluding hydrogens is 278 g/mol. The number of thiazole rings is 1. The molecule has 0 bridgehead atoms. The van der Waals surface area contributed by atoms with Gasteiger partial charge in [0.25, 0.3) is 0 Å². The fourth-order valence-electron chi connectivity index (χ4n) is 1.67. The third-order valence-corrected chi connectivity index (χ3v) is 3.95. The fourth-order valence-corrected chi connectivity index (χ4v) is 2.78. The van der Waals surface area contributed by atoms with Gasteiger partial charge >= 0.3 is 0 Å². The maximum atomic E-state index is 11.8. The van der Waals surface area contributed by atoms with Crippen LogP contribution in [-0.4, -0.2) is 24.0 Å². The van der Waals surface area contributed by atoms with Crippen LogP contribution in [-0.2, 0) is 4.79 Å². The Hall–Kier alpha value is -0.460. The molecule has 2 N–H and O–H groups in total. The van der Waals surface area contributed by atoms with Gasteiger partial charge in [0.15, 0.2) is 5.13 Å². The number of nitrogens with zero attached hydrogens (tertiary/aromatic N) is 1. The minimum Gasteiger partial charge on any atom is -0.316 e. The molecule has 15 heavy (non-hydrogen) atoms. The topological polar surface area (TPSA) is 54.0 Å². The Labute approximate surface area is 101 Å². The molecule has 0 saturated carbocycles. The number of carbonyl (C=O) groups is 1. The third-order valence-electron chi connectivity index (χ3n) is 2.56. The summed E-state index contributed by atoms with van der Waals surface area (Å²) in [5, 5.41) is 6.70. The summed E-state index contributed by atoms with van der Waals surface area (Å²) in [4.78, 5) is 15.9. The van der Waals surface area contributed by atoms with Gasteiger partial charge in [0, 0.05) is 6.54 Å². The molecular formula is C9H12BrN3OS. The normalized spacial score (nSPS) is 25.5. The van der Waals surface area contributed by atoms with Crippen LogP contribution < -0.4 is 10.6 Å². The van der Waals surface area contributed by atoms with Crippen LogP contribution in [0.25, 0.3) is 0 Å². The van der Waals surface area contributed by atoms with E-state index < -0.39 is 0 Å². The van der Waals surface area contributed by atoms with E-state index >= 15 is 0 Å². The monoisotopic (exact) mass is 289 g/mol. The smallest absolute Gasteiger partial charge is 0.230 e. The molecule has 1 fully saturated rings. The van der Waals surface area contributed by atoms with Crippen molar-refractivity contribution in [1.82, 2.24) is 10.3 Å². The maximum Gasteiger partial charge on any atom is 0.230 e. The van der Waals surface area contributed by atoms with Gasteiger partial charge in [-0.3, -0.25) is 4.79 Å². The number of halogens is 1. The van der Waals surface area contributed by atoms with Gasteiger partial charge in [0.05, 0.1) is 15.9 Å². The van der Waals surface area contributed by atoms with Crippen molar-refractivity contribution in [3.8, 4) is 0 Å². The van der Waals surface area contributed by atoms with E-state index in [0.29, 0.717) is 11.0 Å². The SMILES string of the molecule is C[C@@H]1CNC[C@H]1C(=O)Nc1ncc(Br)s1. The molecule has 1 aliphatic heterocycles. The van der Waals surface area contributed by atoms with E-state index in [2.05, 4.69) is 38.5 Å². The first-order chi connectivity index (χ1) is 7.16. The highest BCUT2D eigenvalue weighted by Crippen LogP contribution is 2.25. The summed E-state index contributed by atoms with van der Waals surface area (Å²) < 4.78 is 0.926. The van der Waals surface area contributed by atoms with E-state index in [4.69, 9.17) is 0 Å². The van der Waals surface area contributed by atoms with Gasteiger partial charge in [-0.1, -0.05) is 18.3 Å². The Kier molecular flexibility index (Phi) is 3.38. The molecule has 0 radical (unpaired) electrons. The Balaban J connectivity index is 1.97. The van der Waals surface area contributed by atoms with Crippen molar-refractivity contribution < 1.29 is 4.79 Å². The molecule has 0 aromatic carbocycles. The van der Waals surface area contributed by atoms with Crippen LogP contribution in [0.2, 0.25) is 0 Å². The lowest BCUT2D eigenvalue weighted by molar-refractivity contribution is -0.120. The largest absolute Gasteiger partial charge is 0.316 e. The molecule has 6 heteroatoms. The molecule has 1 aliphatic rings. The summed E-state index contributed by atoms with van der Waals surface area (Å²) >= 11 is 4.74. The zero-order chi connectivity index (χ0) is 10.8. The molecule has 1 amide bonds. The van der Waals surface area contributed by atoms with Crippen LogP contribution in [0.5, 0.6) is 0 Å². The van der Waals surface area contributed by atoms with Gasteiger partial charge in [0.2, 0.25) is 5.91 Å². The van der Waals surface area contributed by atoms with Crippen LogP contribution in [0, 0.1) is 11.8 Å². The van der Waals surface area contributed by atoms with Crippen molar-refractivity contribution in [2.75, 3.05) is 18.4 Å². The Morgan fingerprint density at radius 2 is 2.53 bits per heavy atom. The number of anilines is 1. The molecule has 2 rings (SSSR count). The number of hydrogen-bond donors (Lipinski definition) is 2. The Morgan fingerprint density at radius 1 is 1.73 bits per heavy atom. The van der Waals surface area contributed by atoms with Crippen molar-refractivity contribution in [2.45, 2.75) is 6.92 Å². The second kappa shape index (κ2) is 4.59. The molecule has 4 nitrogen and oxygen atoms in total. The summed E-state index contributed by atoms with van der Waals surface area (Å²) in [6, 6.07) is 0. The number of aromatic nitrogens is 1. The van der Waals surface area contributed by atoms with Gasteiger partial charge in [-0.25, -0.2) is 4.98 Å². The van der Waals surface area contributed by atoms with Crippen molar-refractivity contribution >= 4 is 38.3 Å². The van der Waals surface area contributed by atoms with E-state index in [1.54, 1.807) is 6.20 Å². The standard InChI is InChI=1S/C9H12BrN3OS/c1-5-2-11-3-6(5)8(14)13-9-12-4-7(10)15-9/h4-6,11H,2-3H2,1H3,(H,12,13,14)/t5-,6-/m1/s1. The van der Waals surface area contributed by atoms with Gasteiger partial charge < -0.3 is 10.6 Å². The van der Waals surface area contributed by atoms with Crippen LogP contribution in [0.15, 0.2) is 9.98 Å². The van der Waals surface area contributed by atoms with Crippen molar-refractivity contribution in [3.63, 3.8) is 0 Å². The average Bonchev–Trinajstić information content (AvgIpc) is 2.75. The quantitative estimate of drug-likeness (QED) is 0.871. The van der Waals surface area contributed by atoms with Crippen molar-refractivity contribution in [2.24, 2.45) is 11.8 Å². The van der Waals surface area contributed by atoms with E-state index in [0.717, 1.165) is 16.9 Å². The first-order valence-corrected chi connectivity index (χ1v) is 6.40. The molecule has 0 unspecified atom stereocenters. The number of carbonyl (C=O) groups excluding carboxylic acids is 1. The number of amides is 1. The van der Waals surface area contributed by atoms with Crippen LogP contribution >= 0.6 is 27.3 Å². The van der Waals surface area contributed by atoms with Crippen LogP contribution in [0.3, 0.4) is 0 Å². The number of hydrogen-bond acceptors (Lipinski definition) is 4. The highest BCUT2D eigenvalue weighted by molar-refractivity contribution is 9.11. The lowest BCUT2D eigenvalue weighted by Gasteiger charge is -2.12. The molecule has 1 aromatic heterocycles. The molecule has 1 aromatic rings. The maximum absolute atomic E-state index is 11.8. The highest BCUT2D eigenvalue weighted by Gasteiger charge is 2.29. The minimum absolute atomic E-state index is 0.0627. The summed E-state index contributed by atoms with van der Waals surface area (Å²) in [5.74, 6) is 0.524. The molecule has 82 valence electrons. The second-order valence-corrected chi connectivity index (χ2v) is 6.11. The molecule has 0 aliphatic carbocycles. The Bertz CT molecular complexity index is 368. The van der Waals surface area contributed by atoms with Crippen molar-refractivity contribution in [1.29, 1.82) is 0 Å². The van der Waals surface area contributed by atoms with Crippen LogP contribution in [0.4, 0.5) is 5.13 Å². The highest BCUT2D eigenvalue weighted by atomic mass is 79.9. The molecule has 2 atom stereocenters. The first-order valence-electron chi connectivity index (χ1n) is 4.79. The summed E-state index contributed by atoms with van der Waals surface area (Å²) in [6.45, 7) is 3.77. The van der Waals surface area contributed by atoms with E-state index in [9.17, 15) is 4.79 Å². The van der Waals surface area contributed by atoms with E-state index in [1.807, 2.05) is 0 Å². The van der Waals surface area contributed by atoms with Gasteiger partial charge in [0.1, 0.15) is 0 Å². The van der Waals surface area contributed by atoms with Gasteiger partial charge in [-0.05, 0) is 28.4 Å². The lowest BCUT2D eigenvalue weighted by atomic mass is 9.97. The molecule has 0 spiro atoms. The first kappa shape index (κ1) is 11.0. The van der Waals surface area contributed by atoms with E-state index in [-0.39, 0.29) is 11.8 Å². The van der Waals surface area contributed by atoms with Crippen molar-refractivity contribution in [3.05, 3.63) is 9.98 Å². The molecule has 2 heterocycles. The second-order valence-electron chi connectivity index (χ2n) is 3.70. The average molecular weight is 290 g/mol. The minimum atomic E-state index is 0.0627. The van der Waals surface area contributed by atoms with Gasteiger partial charge in [-0.2, -0.15) is 0 Å². The van der Waals surface area contributed by atoms with Gasteiger partial charge in [-0.15, -0.1) is 0 Å². The predicted octanol–water partition coefficient (Wildman–Crippen LogP) is 1.70. The summed E-state index contributed by atoms with van der Waals surface area (Å²) in [5.41, 5.74) is 0.